The van der Waals surface area contributed by atoms with E-state index in [1.54, 1.807) is 4.57 Å². The van der Waals surface area contributed by atoms with Crippen molar-refractivity contribution in [1.29, 1.82) is 0 Å². The molecule has 8 N–H and O–H groups in total. The summed E-state index contributed by atoms with van der Waals surface area (Å²) < 4.78 is 54.2. The van der Waals surface area contributed by atoms with Crippen molar-refractivity contribution in [2.75, 3.05) is 38.5 Å². The number of ether oxygens (including phenoxy) is 1. The molecule has 0 aromatic carbocycles. The third kappa shape index (κ3) is 8.33. The van der Waals surface area contributed by atoms with Crippen LogP contribution >= 0.6 is 23.5 Å². The summed E-state index contributed by atoms with van der Waals surface area (Å²) in [4.78, 5) is 50.6. The van der Waals surface area contributed by atoms with E-state index in [2.05, 4.69) is 23.6 Å². The summed E-state index contributed by atoms with van der Waals surface area (Å²) in [5, 5.41) is 0. The fourth-order valence-corrected chi connectivity index (χ4v) is 6.41. The first-order chi connectivity index (χ1) is 16.3. The Morgan fingerprint density at radius 1 is 1.06 bits per heavy atom. The molecule has 21 heteroatoms. The first-order valence-corrected chi connectivity index (χ1v) is 14.6. The minimum atomic E-state index is -5.62. The van der Waals surface area contributed by atoms with Crippen LogP contribution in [0.25, 0.3) is 11.2 Å². The number of aromatic nitrogens is 4. The first-order valence-electron chi connectivity index (χ1n) is 10.1. The average Bonchev–Trinajstić information content (AvgIpc) is 3.15. The fraction of sp³-hybridized carbons (Fsp3) is 0.643. The number of anilines is 1. The zero-order chi connectivity index (χ0) is 25.9. The number of hydrogen-bond acceptors (Lipinski definition) is 13. The number of rotatable bonds is 12. The van der Waals surface area contributed by atoms with Crippen LogP contribution in [-0.4, -0.2) is 82.9 Å². The van der Waals surface area contributed by atoms with Crippen LogP contribution < -0.4 is 11.5 Å². The molecule has 1 aliphatic rings. The molecule has 0 bridgehead atoms. The van der Waals surface area contributed by atoms with Gasteiger partial charge in [0.25, 0.3) is 0 Å². The lowest BCUT2D eigenvalue weighted by Crippen LogP contribution is -2.47. The number of fused-ring (bicyclic) bond motifs is 1. The Kier molecular flexibility index (Phi) is 9.16. The first kappa shape index (κ1) is 28.2. The number of nitrogens with zero attached hydrogens (tertiary/aromatic N) is 5. The molecule has 3 heterocycles. The van der Waals surface area contributed by atoms with Crippen molar-refractivity contribution >= 4 is 40.4 Å². The maximum Gasteiger partial charge on any atom is 0.490 e. The van der Waals surface area contributed by atoms with Gasteiger partial charge in [-0.2, -0.15) is 8.62 Å². The molecule has 0 amide bonds. The number of nitrogens with two attached hydrogens (primary N) is 2. The molecule has 1 fully saturated rings. The van der Waals surface area contributed by atoms with Crippen molar-refractivity contribution in [3.63, 3.8) is 0 Å². The lowest BCUT2D eigenvalue weighted by Gasteiger charge is -2.38. The minimum absolute atomic E-state index is 0.175. The number of phosphoric ester groups is 1. The average molecular weight is 561 g/mol. The van der Waals surface area contributed by atoms with Crippen LogP contribution in [0.15, 0.2) is 12.7 Å². The summed E-state index contributed by atoms with van der Waals surface area (Å²) >= 11 is 0. The SMILES string of the molecule is NCCCCN1CC(COP(=O)(O)OP(=O)(O)OP(=O)(O)O)OC(n2cnc3c(N)ncnc32)C1. The molecule has 3 rings (SSSR count). The predicted octanol–water partition coefficient (Wildman–Crippen LogP) is -0.310. The van der Waals surface area contributed by atoms with Crippen LogP contribution in [0.3, 0.4) is 0 Å². The summed E-state index contributed by atoms with van der Waals surface area (Å²) in [5.74, 6) is 0.175. The molecular formula is C14H26N7O11P3. The molecule has 2 aromatic heterocycles. The van der Waals surface area contributed by atoms with Gasteiger partial charge in [-0.05, 0) is 25.9 Å². The molecule has 4 atom stereocenters. The van der Waals surface area contributed by atoms with Gasteiger partial charge in [0.15, 0.2) is 11.5 Å². The van der Waals surface area contributed by atoms with Crippen molar-refractivity contribution < 1.29 is 51.2 Å². The molecule has 0 saturated carbocycles. The molecule has 2 aromatic rings. The van der Waals surface area contributed by atoms with E-state index in [-0.39, 0.29) is 12.4 Å². The summed E-state index contributed by atoms with van der Waals surface area (Å²) in [5.41, 5.74) is 12.2. The molecule has 18 nitrogen and oxygen atoms in total. The summed E-state index contributed by atoms with van der Waals surface area (Å²) in [6.45, 7) is 1.18. The highest BCUT2D eigenvalue weighted by Gasteiger charge is 2.41. The monoisotopic (exact) mass is 561 g/mol. The van der Waals surface area contributed by atoms with E-state index in [1.165, 1.54) is 12.7 Å². The van der Waals surface area contributed by atoms with Gasteiger partial charge in [-0.3, -0.25) is 14.0 Å². The van der Waals surface area contributed by atoms with E-state index < -0.39 is 42.4 Å². The Bertz CT molecular complexity index is 1160. The lowest BCUT2D eigenvalue weighted by atomic mass is 10.2. The van der Waals surface area contributed by atoms with Crippen LogP contribution in [0.2, 0.25) is 0 Å². The van der Waals surface area contributed by atoms with Crippen molar-refractivity contribution in [3.05, 3.63) is 12.7 Å². The second-order valence-corrected chi connectivity index (χ2v) is 11.9. The highest BCUT2D eigenvalue weighted by atomic mass is 31.3. The smallest absolute Gasteiger partial charge is 0.382 e. The Labute approximate surface area is 198 Å². The highest BCUT2D eigenvalue weighted by Crippen LogP contribution is 2.66. The van der Waals surface area contributed by atoms with Gasteiger partial charge in [-0.15, -0.1) is 0 Å². The quantitative estimate of drug-likeness (QED) is 0.143. The molecule has 198 valence electrons. The topological polar surface area (TPSA) is 268 Å². The molecule has 0 aliphatic carbocycles. The number of phosphoric acid groups is 3. The third-order valence-corrected chi connectivity index (χ3v) is 8.49. The van der Waals surface area contributed by atoms with Crippen molar-refractivity contribution in [2.24, 2.45) is 5.73 Å². The third-order valence-electron chi connectivity index (χ3n) is 4.69. The number of nitrogen functional groups attached to an aromatic ring is 1. The van der Waals surface area contributed by atoms with Crippen molar-refractivity contribution in [3.8, 4) is 0 Å². The number of morpholine rings is 1. The Hall–Kier alpha value is -1.36. The Balaban J connectivity index is 1.72. The summed E-state index contributed by atoms with van der Waals surface area (Å²) in [6, 6.07) is 0. The summed E-state index contributed by atoms with van der Waals surface area (Å²) in [7, 11) is -16.4. The number of hydrogen-bond donors (Lipinski definition) is 6. The Morgan fingerprint density at radius 3 is 2.49 bits per heavy atom. The van der Waals surface area contributed by atoms with E-state index in [9.17, 15) is 23.5 Å². The highest BCUT2D eigenvalue weighted by molar-refractivity contribution is 7.66. The van der Waals surface area contributed by atoms with Gasteiger partial charge in [0.05, 0.1) is 19.0 Å². The van der Waals surface area contributed by atoms with Gasteiger partial charge >= 0.3 is 23.5 Å². The van der Waals surface area contributed by atoms with Crippen molar-refractivity contribution in [1.82, 2.24) is 24.4 Å². The standard InChI is InChI=1S/C14H26N7O11P3/c15-3-1-2-4-20-5-10(7-29-34(25,26)32-35(27,28)31-33(22,23)24)30-11(6-20)21-9-19-12-13(16)17-8-18-14(12)21/h8-11H,1-7,15H2,(H,25,26)(H,27,28)(H2,16,17,18)(H2,22,23,24). The van der Waals surface area contributed by atoms with Crippen LogP contribution in [-0.2, 0) is 31.6 Å². The van der Waals surface area contributed by atoms with Crippen molar-refractivity contribution in [2.45, 2.75) is 25.2 Å². The molecule has 0 spiro atoms. The zero-order valence-electron chi connectivity index (χ0n) is 18.1. The van der Waals surface area contributed by atoms with E-state index in [1.807, 2.05) is 4.90 Å². The van der Waals surface area contributed by atoms with Gasteiger partial charge in [-0.25, -0.2) is 28.6 Å². The largest absolute Gasteiger partial charge is 0.490 e. The van der Waals surface area contributed by atoms with Gasteiger partial charge < -0.3 is 35.8 Å². The molecule has 0 radical (unpaired) electrons. The van der Waals surface area contributed by atoms with Crippen LogP contribution in [0, 0.1) is 0 Å². The maximum atomic E-state index is 12.1. The molecule has 1 aliphatic heterocycles. The minimum Gasteiger partial charge on any atom is -0.382 e. The van der Waals surface area contributed by atoms with Gasteiger partial charge in [0, 0.05) is 13.1 Å². The normalized spacial score (nSPS) is 23.2. The number of imidazole rings is 1. The predicted molar refractivity (Wildman–Crippen MR) is 118 cm³/mol. The molecule has 35 heavy (non-hydrogen) atoms. The fourth-order valence-electron chi connectivity index (χ4n) is 3.36. The second kappa shape index (κ2) is 11.4. The van der Waals surface area contributed by atoms with Crippen LogP contribution in [0.1, 0.15) is 19.1 Å². The van der Waals surface area contributed by atoms with Gasteiger partial charge in [-0.1, -0.05) is 0 Å². The van der Waals surface area contributed by atoms with Gasteiger partial charge in [0.2, 0.25) is 0 Å². The molecule has 1 saturated heterocycles. The van der Waals surface area contributed by atoms with Gasteiger partial charge in [0.1, 0.15) is 18.1 Å². The Morgan fingerprint density at radius 2 is 1.80 bits per heavy atom. The number of unbranched alkanes of at least 4 members (excludes halogenated alkanes) is 1. The van der Waals surface area contributed by atoms with E-state index in [0.717, 1.165) is 12.8 Å². The van der Waals surface area contributed by atoms with E-state index >= 15 is 0 Å². The maximum absolute atomic E-state index is 12.1. The van der Waals surface area contributed by atoms with Crippen LogP contribution in [0.4, 0.5) is 5.82 Å². The zero-order valence-corrected chi connectivity index (χ0v) is 20.8. The van der Waals surface area contributed by atoms with E-state index in [4.69, 9.17) is 30.5 Å². The van der Waals surface area contributed by atoms with E-state index in [0.29, 0.717) is 30.8 Å². The second-order valence-electron chi connectivity index (χ2n) is 7.44. The molecule has 4 unspecified atom stereocenters. The molecular weight excluding hydrogens is 535 g/mol. The lowest BCUT2D eigenvalue weighted by molar-refractivity contribution is -0.132. The van der Waals surface area contributed by atoms with Crippen LogP contribution in [0.5, 0.6) is 0 Å². The summed E-state index contributed by atoms with van der Waals surface area (Å²) in [6.07, 6.45) is 2.76.